The van der Waals surface area contributed by atoms with Crippen LogP contribution in [-0.4, -0.2) is 5.11 Å². The number of rotatable bonds is 2. The smallest absolute Gasteiger partial charge is 0.143 e. The summed E-state index contributed by atoms with van der Waals surface area (Å²) >= 11 is 0. The molecule has 1 rings (SSSR count). The Morgan fingerprint density at radius 2 is 2.17 bits per heavy atom. The molecule has 0 amide bonds. The van der Waals surface area contributed by atoms with Crippen LogP contribution in [0.25, 0.3) is 0 Å². The lowest BCUT2D eigenvalue weighted by atomic mass is 10.1. The monoisotopic (exact) mass is 164 g/mol. The molecule has 3 nitrogen and oxygen atoms in total. The summed E-state index contributed by atoms with van der Waals surface area (Å²) in [5.74, 6) is 0.0462. The number of nitrogens with two attached hydrogens (primary N) is 2. The van der Waals surface area contributed by atoms with Gasteiger partial charge in [0.1, 0.15) is 5.75 Å². The maximum absolute atomic E-state index is 9.45. The third kappa shape index (κ3) is 1.40. The van der Waals surface area contributed by atoms with E-state index in [0.29, 0.717) is 11.3 Å². The Kier molecular flexibility index (Phi) is 2.35. The van der Waals surface area contributed by atoms with E-state index in [9.17, 15) is 5.11 Å². The van der Waals surface area contributed by atoms with Crippen LogP contribution in [0.4, 0.5) is 5.69 Å². The highest BCUT2D eigenvalue weighted by atomic mass is 16.3. The molecule has 3 heteroatoms. The van der Waals surface area contributed by atoms with Gasteiger partial charge in [-0.2, -0.15) is 0 Å². The van der Waals surface area contributed by atoms with Gasteiger partial charge in [-0.3, -0.25) is 0 Å². The molecule has 0 aliphatic rings. The molecule has 0 fully saturated rings. The van der Waals surface area contributed by atoms with E-state index >= 15 is 0 Å². The van der Waals surface area contributed by atoms with Crippen molar-refractivity contribution in [3.63, 3.8) is 0 Å². The lowest BCUT2D eigenvalue weighted by Crippen LogP contribution is -2.07. The van der Waals surface area contributed by atoms with Gasteiger partial charge in [0.25, 0.3) is 0 Å². The zero-order valence-electron chi connectivity index (χ0n) is 6.70. The highest BCUT2D eigenvalue weighted by Gasteiger charge is 2.08. The van der Waals surface area contributed by atoms with E-state index in [1.54, 1.807) is 24.3 Å². The summed E-state index contributed by atoms with van der Waals surface area (Å²) in [6, 6.07) is 4.72. The maximum atomic E-state index is 9.45. The minimum Gasteiger partial charge on any atom is -0.505 e. The van der Waals surface area contributed by atoms with Crippen LogP contribution in [0.1, 0.15) is 11.6 Å². The molecule has 1 aromatic rings. The molecule has 0 spiro atoms. The standard InChI is InChI=1S/C9H12N2O/c1-2-7(10)6-4-3-5-8(11)9(6)12/h2-5,7,12H,1,10-11H2. The summed E-state index contributed by atoms with van der Waals surface area (Å²) < 4.78 is 0. The van der Waals surface area contributed by atoms with Crippen LogP contribution in [0.2, 0.25) is 0 Å². The fraction of sp³-hybridized carbons (Fsp3) is 0.111. The van der Waals surface area contributed by atoms with Crippen LogP contribution in [0.3, 0.4) is 0 Å². The largest absolute Gasteiger partial charge is 0.505 e. The van der Waals surface area contributed by atoms with Crippen molar-refractivity contribution in [2.24, 2.45) is 5.73 Å². The number of hydrogen-bond acceptors (Lipinski definition) is 3. The number of hydrogen-bond donors (Lipinski definition) is 3. The lowest BCUT2D eigenvalue weighted by molar-refractivity contribution is 0.468. The predicted octanol–water partition coefficient (Wildman–Crippen LogP) is 1.16. The van der Waals surface area contributed by atoms with Crippen LogP contribution in [0.15, 0.2) is 30.9 Å². The van der Waals surface area contributed by atoms with Gasteiger partial charge in [-0.25, -0.2) is 0 Å². The van der Waals surface area contributed by atoms with Crippen molar-refractivity contribution in [1.29, 1.82) is 0 Å². The number of para-hydroxylation sites is 1. The summed E-state index contributed by atoms with van der Waals surface area (Å²) in [4.78, 5) is 0. The molecule has 0 aliphatic carbocycles. The minimum atomic E-state index is -0.367. The summed E-state index contributed by atoms with van der Waals surface area (Å²) in [6.45, 7) is 3.53. The number of phenols is 1. The first kappa shape index (κ1) is 8.62. The molecule has 0 bridgehead atoms. The zero-order chi connectivity index (χ0) is 9.14. The Bertz CT molecular complexity index is 297. The average molecular weight is 164 g/mol. The summed E-state index contributed by atoms with van der Waals surface area (Å²) in [5, 5.41) is 9.45. The molecule has 12 heavy (non-hydrogen) atoms. The van der Waals surface area contributed by atoms with Crippen molar-refractivity contribution < 1.29 is 5.11 Å². The molecule has 0 saturated heterocycles. The molecule has 5 N–H and O–H groups in total. The van der Waals surface area contributed by atoms with Gasteiger partial charge in [-0.05, 0) is 6.07 Å². The quantitative estimate of drug-likeness (QED) is 0.349. The first-order valence-electron chi connectivity index (χ1n) is 3.62. The van der Waals surface area contributed by atoms with Crippen LogP contribution in [0.5, 0.6) is 5.75 Å². The Balaban J connectivity index is 3.15. The third-order valence-electron chi connectivity index (χ3n) is 1.71. The van der Waals surface area contributed by atoms with Crippen LogP contribution in [-0.2, 0) is 0 Å². The number of nitrogen functional groups attached to an aromatic ring is 1. The predicted molar refractivity (Wildman–Crippen MR) is 49.6 cm³/mol. The van der Waals surface area contributed by atoms with Crippen molar-refractivity contribution in [1.82, 2.24) is 0 Å². The molecular weight excluding hydrogens is 152 g/mol. The van der Waals surface area contributed by atoms with E-state index in [-0.39, 0.29) is 11.8 Å². The van der Waals surface area contributed by atoms with E-state index in [1.165, 1.54) is 0 Å². The van der Waals surface area contributed by atoms with Gasteiger partial charge in [-0.15, -0.1) is 6.58 Å². The molecule has 1 aromatic carbocycles. The number of phenolic OH excluding ortho intramolecular Hbond substituents is 1. The van der Waals surface area contributed by atoms with E-state index in [2.05, 4.69) is 6.58 Å². The van der Waals surface area contributed by atoms with E-state index in [0.717, 1.165) is 0 Å². The van der Waals surface area contributed by atoms with E-state index in [4.69, 9.17) is 11.5 Å². The molecule has 0 saturated carbocycles. The van der Waals surface area contributed by atoms with Gasteiger partial charge in [0.15, 0.2) is 0 Å². The fourth-order valence-electron chi connectivity index (χ4n) is 0.976. The van der Waals surface area contributed by atoms with Gasteiger partial charge in [0.2, 0.25) is 0 Å². The molecule has 1 atom stereocenters. The van der Waals surface area contributed by atoms with Gasteiger partial charge < -0.3 is 16.6 Å². The number of aromatic hydroxyl groups is 1. The number of anilines is 1. The van der Waals surface area contributed by atoms with Crippen molar-refractivity contribution >= 4 is 5.69 Å². The van der Waals surface area contributed by atoms with Gasteiger partial charge in [0, 0.05) is 5.56 Å². The molecule has 0 aliphatic heterocycles. The Hall–Kier alpha value is -1.48. The SMILES string of the molecule is C=CC(N)c1cccc(N)c1O. The number of benzene rings is 1. The van der Waals surface area contributed by atoms with Crippen LogP contribution < -0.4 is 11.5 Å². The van der Waals surface area contributed by atoms with Crippen LogP contribution >= 0.6 is 0 Å². The van der Waals surface area contributed by atoms with Crippen molar-refractivity contribution in [3.8, 4) is 5.75 Å². The highest BCUT2D eigenvalue weighted by Crippen LogP contribution is 2.28. The maximum Gasteiger partial charge on any atom is 0.143 e. The summed E-state index contributed by atoms with van der Waals surface area (Å²) in [7, 11) is 0. The molecule has 64 valence electrons. The second-order valence-corrected chi connectivity index (χ2v) is 2.55. The second-order valence-electron chi connectivity index (χ2n) is 2.55. The zero-order valence-corrected chi connectivity index (χ0v) is 6.70. The first-order chi connectivity index (χ1) is 5.66. The minimum absolute atomic E-state index is 0.0462. The molecule has 1 unspecified atom stereocenters. The van der Waals surface area contributed by atoms with Crippen molar-refractivity contribution in [3.05, 3.63) is 36.4 Å². The molecular formula is C9H12N2O. The summed E-state index contributed by atoms with van der Waals surface area (Å²) in [5.41, 5.74) is 12.0. The molecule has 0 radical (unpaired) electrons. The second kappa shape index (κ2) is 3.28. The van der Waals surface area contributed by atoms with Gasteiger partial charge >= 0.3 is 0 Å². The normalized spacial score (nSPS) is 12.4. The van der Waals surface area contributed by atoms with E-state index in [1.807, 2.05) is 0 Å². The van der Waals surface area contributed by atoms with Crippen molar-refractivity contribution in [2.75, 3.05) is 5.73 Å². The molecule has 0 aromatic heterocycles. The Morgan fingerprint density at radius 1 is 1.50 bits per heavy atom. The lowest BCUT2D eigenvalue weighted by Gasteiger charge is -2.09. The topological polar surface area (TPSA) is 72.3 Å². The summed E-state index contributed by atoms with van der Waals surface area (Å²) in [6.07, 6.45) is 1.55. The average Bonchev–Trinajstić information content (AvgIpc) is 2.08. The molecule has 0 heterocycles. The fourth-order valence-corrected chi connectivity index (χ4v) is 0.976. The van der Waals surface area contributed by atoms with E-state index < -0.39 is 0 Å². The Labute approximate surface area is 71.3 Å². The first-order valence-corrected chi connectivity index (χ1v) is 3.62. The van der Waals surface area contributed by atoms with Gasteiger partial charge in [0.05, 0.1) is 11.7 Å². The Morgan fingerprint density at radius 3 is 2.75 bits per heavy atom. The van der Waals surface area contributed by atoms with Gasteiger partial charge in [-0.1, -0.05) is 18.2 Å². The highest BCUT2D eigenvalue weighted by molar-refractivity contribution is 5.57. The third-order valence-corrected chi connectivity index (χ3v) is 1.71. The van der Waals surface area contributed by atoms with Crippen LogP contribution in [0, 0.1) is 0 Å². The van der Waals surface area contributed by atoms with Crippen molar-refractivity contribution in [2.45, 2.75) is 6.04 Å².